The van der Waals surface area contributed by atoms with Gasteiger partial charge in [-0.05, 0) is 25.2 Å². The Labute approximate surface area is 146 Å². The van der Waals surface area contributed by atoms with E-state index >= 15 is 0 Å². The maximum Gasteiger partial charge on any atom is 0.327 e. The monoisotopic (exact) mass is 339 g/mol. The first kappa shape index (κ1) is 22.4. The Morgan fingerprint density at radius 2 is 1.71 bits per heavy atom. The first-order chi connectivity index (χ1) is 11.4. The van der Waals surface area contributed by atoms with Crippen LogP contribution in [0.2, 0.25) is 0 Å². The second kappa shape index (κ2) is 11.1. The molecule has 0 rings (SSSR count). The molecule has 0 amide bonds. The predicted octanol–water partition coefficient (Wildman–Crippen LogP) is 4.11. The van der Waals surface area contributed by atoms with Gasteiger partial charge in [-0.3, -0.25) is 9.59 Å². The summed E-state index contributed by atoms with van der Waals surface area (Å²) >= 11 is 0. The lowest BCUT2D eigenvalue weighted by molar-refractivity contribution is -0.172. The summed E-state index contributed by atoms with van der Waals surface area (Å²) in [5, 5.41) is 9.98. The molecule has 0 fully saturated rings. The van der Waals surface area contributed by atoms with E-state index in [4.69, 9.17) is 9.47 Å². The summed E-state index contributed by atoms with van der Waals surface area (Å²) in [5.41, 5.74) is -1.51. The summed E-state index contributed by atoms with van der Waals surface area (Å²) in [7, 11) is 0. The highest BCUT2D eigenvalue weighted by Gasteiger charge is 2.56. The number of rotatable bonds is 11. The van der Waals surface area contributed by atoms with Crippen molar-refractivity contribution in [2.24, 2.45) is 23.2 Å². The van der Waals surface area contributed by atoms with Crippen molar-refractivity contribution in [2.45, 2.75) is 67.2 Å². The molecule has 4 atom stereocenters. The van der Waals surface area contributed by atoms with Crippen molar-refractivity contribution in [1.29, 1.82) is 5.26 Å². The standard InChI is InChI=1S/C19H33NO4/c1-7-11-12-24-18(22)19(13-20,15(6)9-3)16(14(5)8-2)17(21)23-10-4/h14-16H,7-12H2,1-6H3. The molecule has 0 saturated carbocycles. The topological polar surface area (TPSA) is 76.4 Å². The number of hydrogen-bond donors (Lipinski definition) is 0. The lowest BCUT2D eigenvalue weighted by Crippen LogP contribution is -2.50. The Kier molecular flexibility index (Phi) is 10.3. The quantitative estimate of drug-likeness (QED) is 0.418. The zero-order valence-electron chi connectivity index (χ0n) is 16.1. The van der Waals surface area contributed by atoms with Crippen molar-refractivity contribution in [2.75, 3.05) is 13.2 Å². The van der Waals surface area contributed by atoms with Crippen molar-refractivity contribution in [3.8, 4) is 6.07 Å². The summed E-state index contributed by atoms with van der Waals surface area (Å²) in [6.45, 7) is 11.8. The minimum Gasteiger partial charge on any atom is -0.466 e. The second-order valence-electron chi connectivity index (χ2n) is 6.39. The van der Waals surface area contributed by atoms with Gasteiger partial charge in [0, 0.05) is 0 Å². The number of nitrogens with zero attached hydrogens (tertiary/aromatic N) is 1. The number of carbonyl (C=O) groups excluding carboxylic acids is 2. The van der Waals surface area contributed by atoms with Crippen LogP contribution in [0.5, 0.6) is 0 Å². The van der Waals surface area contributed by atoms with E-state index in [0.29, 0.717) is 12.8 Å². The number of ether oxygens (including phenoxy) is 2. The molecular weight excluding hydrogens is 306 g/mol. The van der Waals surface area contributed by atoms with E-state index in [-0.39, 0.29) is 25.0 Å². The Hall–Kier alpha value is -1.57. The fraction of sp³-hybridized carbons (Fsp3) is 0.842. The van der Waals surface area contributed by atoms with Gasteiger partial charge in [-0.25, -0.2) is 0 Å². The van der Waals surface area contributed by atoms with Crippen LogP contribution >= 0.6 is 0 Å². The van der Waals surface area contributed by atoms with Gasteiger partial charge < -0.3 is 9.47 Å². The molecular formula is C19H33NO4. The van der Waals surface area contributed by atoms with Crippen LogP contribution in [0, 0.1) is 34.5 Å². The summed E-state index contributed by atoms with van der Waals surface area (Å²) < 4.78 is 10.6. The number of carbonyl (C=O) groups is 2. The highest BCUT2D eigenvalue weighted by molar-refractivity contribution is 5.88. The van der Waals surface area contributed by atoms with Crippen molar-refractivity contribution in [1.82, 2.24) is 0 Å². The Bertz CT molecular complexity index is 443. The third kappa shape index (κ3) is 4.96. The van der Waals surface area contributed by atoms with Crippen molar-refractivity contribution in [3.05, 3.63) is 0 Å². The lowest BCUT2D eigenvalue weighted by Gasteiger charge is -2.38. The summed E-state index contributed by atoms with van der Waals surface area (Å²) in [6.07, 6.45) is 2.90. The third-order valence-electron chi connectivity index (χ3n) is 4.89. The molecule has 0 aliphatic rings. The largest absolute Gasteiger partial charge is 0.466 e. The SMILES string of the molecule is CCCCOC(=O)C(C#N)(C(C)CC)C(C(=O)OCC)C(C)CC. The molecule has 0 aromatic heterocycles. The normalized spacial score (nSPS) is 17.0. The van der Waals surface area contributed by atoms with E-state index in [0.717, 1.165) is 12.8 Å². The van der Waals surface area contributed by atoms with E-state index in [9.17, 15) is 14.9 Å². The molecule has 138 valence electrons. The fourth-order valence-corrected chi connectivity index (χ4v) is 2.95. The third-order valence-corrected chi connectivity index (χ3v) is 4.89. The maximum absolute atomic E-state index is 12.9. The van der Waals surface area contributed by atoms with Gasteiger partial charge in [-0.1, -0.05) is 53.9 Å². The molecule has 0 radical (unpaired) electrons. The van der Waals surface area contributed by atoms with Crippen molar-refractivity contribution >= 4 is 11.9 Å². The highest BCUT2D eigenvalue weighted by Crippen LogP contribution is 2.44. The minimum atomic E-state index is -1.51. The van der Waals surface area contributed by atoms with Gasteiger partial charge in [-0.15, -0.1) is 0 Å². The van der Waals surface area contributed by atoms with Gasteiger partial charge >= 0.3 is 11.9 Å². The van der Waals surface area contributed by atoms with E-state index < -0.39 is 23.3 Å². The molecule has 0 bridgehead atoms. The zero-order chi connectivity index (χ0) is 18.8. The summed E-state index contributed by atoms with van der Waals surface area (Å²) in [6, 6.07) is 2.17. The molecule has 4 unspecified atom stereocenters. The predicted molar refractivity (Wildman–Crippen MR) is 92.9 cm³/mol. The number of unbranched alkanes of at least 4 members (excludes halogenated alkanes) is 1. The van der Waals surface area contributed by atoms with Crippen LogP contribution in [0.3, 0.4) is 0 Å². The first-order valence-corrected chi connectivity index (χ1v) is 9.12. The van der Waals surface area contributed by atoms with Crippen LogP contribution in [-0.4, -0.2) is 25.2 Å². The van der Waals surface area contributed by atoms with Crippen LogP contribution in [0.4, 0.5) is 0 Å². The Morgan fingerprint density at radius 1 is 1.08 bits per heavy atom. The van der Waals surface area contributed by atoms with E-state index in [2.05, 4.69) is 6.07 Å². The minimum absolute atomic E-state index is 0.156. The van der Waals surface area contributed by atoms with Gasteiger partial charge in [0.15, 0.2) is 5.41 Å². The van der Waals surface area contributed by atoms with Gasteiger partial charge in [0.25, 0.3) is 0 Å². The van der Waals surface area contributed by atoms with E-state index in [1.807, 2.05) is 34.6 Å². The van der Waals surface area contributed by atoms with Crippen molar-refractivity contribution in [3.63, 3.8) is 0 Å². The average molecular weight is 339 g/mol. The number of esters is 2. The Balaban J connectivity index is 5.97. The van der Waals surface area contributed by atoms with Gasteiger partial charge in [0.1, 0.15) is 0 Å². The fourth-order valence-electron chi connectivity index (χ4n) is 2.95. The van der Waals surface area contributed by atoms with Crippen LogP contribution in [0.25, 0.3) is 0 Å². The van der Waals surface area contributed by atoms with E-state index in [1.165, 1.54) is 0 Å². The molecule has 5 nitrogen and oxygen atoms in total. The molecule has 0 aliphatic carbocycles. The molecule has 5 heteroatoms. The van der Waals surface area contributed by atoms with Crippen LogP contribution in [0.15, 0.2) is 0 Å². The van der Waals surface area contributed by atoms with Crippen LogP contribution < -0.4 is 0 Å². The lowest BCUT2D eigenvalue weighted by atomic mass is 9.62. The molecule has 0 aliphatic heterocycles. The van der Waals surface area contributed by atoms with Crippen LogP contribution in [0.1, 0.15) is 67.2 Å². The Morgan fingerprint density at radius 3 is 2.12 bits per heavy atom. The number of nitriles is 1. The second-order valence-corrected chi connectivity index (χ2v) is 6.39. The average Bonchev–Trinajstić information content (AvgIpc) is 2.58. The molecule has 0 aromatic carbocycles. The molecule has 24 heavy (non-hydrogen) atoms. The summed E-state index contributed by atoms with van der Waals surface area (Å²) in [5.74, 6) is -2.36. The number of hydrogen-bond acceptors (Lipinski definition) is 5. The smallest absolute Gasteiger partial charge is 0.327 e. The molecule has 0 aromatic rings. The molecule has 0 heterocycles. The van der Waals surface area contributed by atoms with E-state index in [1.54, 1.807) is 6.92 Å². The van der Waals surface area contributed by atoms with Gasteiger partial charge in [0.2, 0.25) is 0 Å². The summed E-state index contributed by atoms with van der Waals surface area (Å²) in [4.78, 5) is 25.5. The highest BCUT2D eigenvalue weighted by atomic mass is 16.5. The first-order valence-electron chi connectivity index (χ1n) is 9.12. The zero-order valence-corrected chi connectivity index (χ0v) is 16.1. The molecule has 0 N–H and O–H groups in total. The van der Waals surface area contributed by atoms with Crippen LogP contribution in [-0.2, 0) is 19.1 Å². The maximum atomic E-state index is 12.9. The molecule has 0 saturated heterocycles. The van der Waals surface area contributed by atoms with Crippen molar-refractivity contribution < 1.29 is 19.1 Å². The van der Waals surface area contributed by atoms with Gasteiger partial charge in [0.05, 0.1) is 25.2 Å². The molecule has 0 spiro atoms. The van der Waals surface area contributed by atoms with Gasteiger partial charge in [-0.2, -0.15) is 5.26 Å².